The number of thiol groups is 1. The van der Waals surface area contributed by atoms with Crippen molar-refractivity contribution in [3.05, 3.63) is 29.8 Å². The second-order valence-corrected chi connectivity index (χ2v) is 6.03. The van der Waals surface area contributed by atoms with Crippen LogP contribution < -0.4 is 0 Å². The molecule has 20 heavy (non-hydrogen) atoms. The van der Waals surface area contributed by atoms with Gasteiger partial charge in [0.05, 0.1) is 6.42 Å². The van der Waals surface area contributed by atoms with Crippen molar-refractivity contribution in [3.63, 3.8) is 0 Å². The number of hydrogen-bond donors (Lipinski definition) is 1. The lowest BCUT2D eigenvalue weighted by Crippen LogP contribution is -2.51. The second-order valence-electron chi connectivity index (χ2n) is 5.52. The molecular formula is C16H24N2OS. The van der Waals surface area contributed by atoms with E-state index in [-0.39, 0.29) is 5.91 Å². The molecule has 0 bridgehead atoms. The van der Waals surface area contributed by atoms with E-state index in [1.54, 1.807) is 0 Å². The average molecular weight is 292 g/mol. The zero-order chi connectivity index (χ0) is 14.5. The first-order chi connectivity index (χ1) is 9.60. The Morgan fingerprint density at radius 3 is 2.35 bits per heavy atom. The Labute approximate surface area is 127 Å². The summed E-state index contributed by atoms with van der Waals surface area (Å²) < 4.78 is 0. The maximum absolute atomic E-state index is 12.3. The smallest absolute Gasteiger partial charge is 0.227 e. The molecule has 1 atom stereocenters. The third-order valence-electron chi connectivity index (χ3n) is 4.17. The third kappa shape index (κ3) is 4.00. The zero-order valence-electron chi connectivity index (χ0n) is 12.4. The van der Waals surface area contributed by atoms with Crippen LogP contribution in [0.4, 0.5) is 0 Å². The van der Waals surface area contributed by atoms with Crippen molar-refractivity contribution in [2.75, 3.05) is 26.2 Å². The van der Waals surface area contributed by atoms with Crippen LogP contribution in [-0.4, -0.2) is 47.9 Å². The third-order valence-corrected chi connectivity index (χ3v) is 4.47. The van der Waals surface area contributed by atoms with E-state index in [4.69, 9.17) is 0 Å². The minimum atomic E-state index is 0.237. The van der Waals surface area contributed by atoms with Gasteiger partial charge in [0.25, 0.3) is 0 Å². The normalized spacial score (nSPS) is 18.1. The number of amides is 1. The quantitative estimate of drug-likeness (QED) is 0.862. The average Bonchev–Trinajstić information content (AvgIpc) is 2.49. The molecule has 110 valence electrons. The standard InChI is InChI=1S/C16H24N2OS/c1-3-13(2)17-8-10-18(11-9-17)16(19)12-14-4-6-15(20)7-5-14/h4-7,13,20H,3,8-12H2,1-2H3. The Hall–Kier alpha value is -1.00. The number of benzene rings is 1. The van der Waals surface area contributed by atoms with E-state index < -0.39 is 0 Å². The summed E-state index contributed by atoms with van der Waals surface area (Å²) in [5.74, 6) is 0.237. The lowest BCUT2D eigenvalue weighted by molar-refractivity contribution is -0.132. The molecule has 0 radical (unpaired) electrons. The fourth-order valence-electron chi connectivity index (χ4n) is 2.57. The van der Waals surface area contributed by atoms with Gasteiger partial charge in [0.15, 0.2) is 0 Å². The molecule has 0 N–H and O–H groups in total. The van der Waals surface area contributed by atoms with Crippen molar-refractivity contribution >= 4 is 18.5 Å². The first-order valence-electron chi connectivity index (χ1n) is 7.40. The molecule has 4 heteroatoms. The zero-order valence-corrected chi connectivity index (χ0v) is 13.3. The number of carbonyl (C=O) groups is 1. The van der Waals surface area contributed by atoms with Gasteiger partial charge < -0.3 is 4.90 Å². The summed E-state index contributed by atoms with van der Waals surface area (Å²) in [7, 11) is 0. The van der Waals surface area contributed by atoms with Gasteiger partial charge in [-0.25, -0.2) is 0 Å². The van der Waals surface area contributed by atoms with Gasteiger partial charge in [-0.1, -0.05) is 19.1 Å². The molecule has 1 aromatic carbocycles. The van der Waals surface area contributed by atoms with Crippen molar-refractivity contribution in [1.82, 2.24) is 9.80 Å². The van der Waals surface area contributed by atoms with Gasteiger partial charge in [-0.05, 0) is 31.0 Å². The monoisotopic (exact) mass is 292 g/mol. The van der Waals surface area contributed by atoms with Crippen LogP contribution in [0, 0.1) is 0 Å². The van der Waals surface area contributed by atoms with Crippen LogP contribution >= 0.6 is 12.6 Å². The van der Waals surface area contributed by atoms with Crippen LogP contribution in [0.5, 0.6) is 0 Å². The topological polar surface area (TPSA) is 23.6 Å². The van der Waals surface area contributed by atoms with Gasteiger partial charge in [-0.3, -0.25) is 9.69 Å². The summed E-state index contributed by atoms with van der Waals surface area (Å²) in [4.78, 5) is 17.7. The van der Waals surface area contributed by atoms with Crippen molar-refractivity contribution in [1.29, 1.82) is 0 Å². The molecule has 1 unspecified atom stereocenters. The van der Waals surface area contributed by atoms with Gasteiger partial charge in [-0.15, -0.1) is 12.6 Å². The van der Waals surface area contributed by atoms with E-state index in [0.717, 1.165) is 36.6 Å². The Morgan fingerprint density at radius 2 is 1.80 bits per heavy atom. The molecule has 1 aliphatic rings. The van der Waals surface area contributed by atoms with Crippen LogP contribution in [0.3, 0.4) is 0 Å². The van der Waals surface area contributed by atoms with Gasteiger partial charge in [0.1, 0.15) is 0 Å². The largest absolute Gasteiger partial charge is 0.340 e. The Kier molecular flexibility index (Phi) is 5.49. The van der Waals surface area contributed by atoms with E-state index in [2.05, 4.69) is 31.4 Å². The van der Waals surface area contributed by atoms with Crippen molar-refractivity contribution < 1.29 is 4.79 Å². The summed E-state index contributed by atoms with van der Waals surface area (Å²) in [6, 6.07) is 8.46. The van der Waals surface area contributed by atoms with Crippen LogP contribution in [0.2, 0.25) is 0 Å². The SMILES string of the molecule is CCC(C)N1CCN(C(=O)Cc2ccc(S)cc2)CC1. The van der Waals surface area contributed by atoms with Gasteiger partial charge >= 0.3 is 0 Å². The highest BCUT2D eigenvalue weighted by molar-refractivity contribution is 7.80. The maximum Gasteiger partial charge on any atom is 0.227 e. The predicted molar refractivity (Wildman–Crippen MR) is 85.3 cm³/mol. The molecular weight excluding hydrogens is 268 g/mol. The number of nitrogens with zero attached hydrogens (tertiary/aromatic N) is 2. The van der Waals surface area contributed by atoms with Crippen LogP contribution in [0.1, 0.15) is 25.8 Å². The first kappa shape index (κ1) is 15.4. The van der Waals surface area contributed by atoms with E-state index >= 15 is 0 Å². The van der Waals surface area contributed by atoms with Crippen molar-refractivity contribution in [3.8, 4) is 0 Å². The van der Waals surface area contributed by atoms with E-state index in [1.807, 2.05) is 29.2 Å². The summed E-state index contributed by atoms with van der Waals surface area (Å²) in [5, 5.41) is 0. The van der Waals surface area contributed by atoms with Gasteiger partial charge in [0.2, 0.25) is 5.91 Å². The number of carbonyl (C=O) groups excluding carboxylic acids is 1. The molecule has 2 rings (SSSR count). The molecule has 1 aliphatic heterocycles. The molecule has 0 saturated carbocycles. The van der Waals surface area contributed by atoms with E-state index in [9.17, 15) is 4.79 Å². The molecule has 1 amide bonds. The Balaban J connectivity index is 1.84. The Morgan fingerprint density at radius 1 is 1.20 bits per heavy atom. The summed E-state index contributed by atoms with van der Waals surface area (Å²) in [6.45, 7) is 8.18. The summed E-state index contributed by atoms with van der Waals surface area (Å²) in [6.07, 6.45) is 1.67. The molecule has 1 heterocycles. The van der Waals surface area contributed by atoms with Crippen molar-refractivity contribution in [2.24, 2.45) is 0 Å². The van der Waals surface area contributed by atoms with E-state index in [0.29, 0.717) is 12.5 Å². The molecule has 0 spiro atoms. The summed E-state index contributed by atoms with van der Waals surface area (Å²) >= 11 is 4.26. The highest BCUT2D eigenvalue weighted by Gasteiger charge is 2.23. The molecule has 0 aromatic heterocycles. The van der Waals surface area contributed by atoms with Crippen LogP contribution in [0.25, 0.3) is 0 Å². The minimum Gasteiger partial charge on any atom is -0.340 e. The van der Waals surface area contributed by atoms with Crippen LogP contribution in [0.15, 0.2) is 29.2 Å². The lowest BCUT2D eigenvalue weighted by atomic mass is 10.1. The van der Waals surface area contributed by atoms with Gasteiger partial charge in [0, 0.05) is 37.1 Å². The second kappa shape index (κ2) is 7.14. The fourth-order valence-corrected chi connectivity index (χ4v) is 2.72. The molecule has 3 nitrogen and oxygen atoms in total. The van der Waals surface area contributed by atoms with E-state index in [1.165, 1.54) is 6.42 Å². The molecule has 1 fully saturated rings. The van der Waals surface area contributed by atoms with Crippen LogP contribution in [-0.2, 0) is 11.2 Å². The number of rotatable bonds is 4. The summed E-state index contributed by atoms with van der Waals surface area (Å²) in [5.41, 5.74) is 1.07. The van der Waals surface area contributed by atoms with Gasteiger partial charge in [-0.2, -0.15) is 0 Å². The maximum atomic E-state index is 12.3. The molecule has 0 aliphatic carbocycles. The minimum absolute atomic E-state index is 0.237. The fraction of sp³-hybridized carbons (Fsp3) is 0.562. The highest BCUT2D eigenvalue weighted by Crippen LogP contribution is 2.12. The number of piperazine rings is 1. The lowest BCUT2D eigenvalue weighted by Gasteiger charge is -2.37. The molecule has 1 saturated heterocycles. The Bertz CT molecular complexity index is 438. The first-order valence-corrected chi connectivity index (χ1v) is 7.84. The molecule has 1 aromatic rings. The van der Waals surface area contributed by atoms with Crippen molar-refractivity contribution in [2.45, 2.75) is 37.6 Å². The highest BCUT2D eigenvalue weighted by atomic mass is 32.1. The number of hydrogen-bond acceptors (Lipinski definition) is 3. The predicted octanol–water partition coefficient (Wildman–Crippen LogP) is 2.46.